The van der Waals surface area contributed by atoms with E-state index in [1.54, 1.807) is 0 Å². The molecule has 6 heteroatoms. The second-order valence-corrected chi connectivity index (χ2v) is 6.75. The highest BCUT2D eigenvalue weighted by atomic mass is 16.4. The average Bonchev–Trinajstić information content (AvgIpc) is 2.23. The van der Waals surface area contributed by atoms with Crippen molar-refractivity contribution in [2.45, 2.75) is 40.2 Å². The van der Waals surface area contributed by atoms with E-state index in [-0.39, 0.29) is 11.3 Å². The lowest BCUT2D eigenvalue weighted by atomic mass is 9.93. The maximum Gasteiger partial charge on any atom is 0.326 e. The van der Waals surface area contributed by atoms with Gasteiger partial charge in [-0.05, 0) is 31.8 Å². The first-order valence-electron chi connectivity index (χ1n) is 6.95. The summed E-state index contributed by atoms with van der Waals surface area (Å²) in [7, 11) is 3.95. The Hall–Kier alpha value is -1.30. The Bertz CT molecular complexity index is 328. The number of nitrogens with one attached hydrogen (secondary N) is 2. The van der Waals surface area contributed by atoms with Gasteiger partial charge in [-0.25, -0.2) is 9.59 Å². The normalized spacial score (nSPS) is 13.4. The molecule has 0 unspecified atom stereocenters. The first kappa shape index (κ1) is 18.7. The van der Waals surface area contributed by atoms with Gasteiger partial charge in [0.1, 0.15) is 6.04 Å². The van der Waals surface area contributed by atoms with Crippen molar-refractivity contribution in [3.63, 3.8) is 0 Å². The van der Waals surface area contributed by atoms with Crippen LogP contribution in [0.3, 0.4) is 0 Å². The molecule has 0 aromatic heterocycles. The summed E-state index contributed by atoms with van der Waals surface area (Å²) in [6.45, 7) is 9.28. The van der Waals surface area contributed by atoms with Crippen molar-refractivity contribution in [2.75, 3.05) is 27.2 Å². The summed E-state index contributed by atoms with van der Waals surface area (Å²) in [4.78, 5) is 24.9. The number of aliphatic carboxylic acids is 1. The molecule has 3 N–H and O–H groups in total. The van der Waals surface area contributed by atoms with Crippen LogP contribution in [0.15, 0.2) is 0 Å². The largest absolute Gasteiger partial charge is 0.480 e. The van der Waals surface area contributed by atoms with Crippen LogP contribution in [0.4, 0.5) is 4.79 Å². The molecule has 0 heterocycles. The molecule has 0 aromatic rings. The van der Waals surface area contributed by atoms with E-state index in [1.165, 1.54) is 0 Å². The molecule has 20 heavy (non-hydrogen) atoms. The van der Waals surface area contributed by atoms with E-state index in [0.717, 1.165) is 6.54 Å². The molecule has 0 radical (unpaired) electrons. The lowest BCUT2D eigenvalue weighted by molar-refractivity contribution is -0.139. The lowest BCUT2D eigenvalue weighted by Gasteiger charge is -2.28. The molecular weight excluding hydrogens is 258 g/mol. The Morgan fingerprint density at radius 3 is 2.20 bits per heavy atom. The third-order valence-electron chi connectivity index (χ3n) is 2.78. The topological polar surface area (TPSA) is 81.7 Å². The van der Waals surface area contributed by atoms with E-state index in [2.05, 4.69) is 29.4 Å². The molecule has 0 saturated heterocycles. The third-order valence-corrected chi connectivity index (χ3v) is 2.78. The Morgan fingerprint density at radius 2 is 1.80 bits per heavy atom. The van der Waals surface area contributed by atoms with Gasteiger partial charge in [-0.15, -0.1) is 0 Å². The van der Waals surface area contributed by atoms with Gasteiger partial charge in [-0.3, -0.25) is 0 Å². The monoisotopic (exact) mass is 287 g/mol. The number of urea groups is 1. The molecule has 0 aromatic carbocycles. The summed E-state index contributed by atoms with van der Waals surface area (Å²) in [5, 5.41) is 14.3. The third kappa shape index (κ3) is 8.74. The van der Waals surface area contributed by atoms with Gasteiger partial charge in [0.05, 0.1) is 0 Å². The molecule has 6 nitrogen and oxygen atoms in total. The van der Waals surface area contributed by atoms with Crippen molar-refractivity contribution in [2.24, 2.45) is 11.3 Å². The maximum absolute atomic E-state index is 11.8. The van der Waals surface area contributed by atoms with Crippen molar-refractivity contribution >= 4 is 12.0 Å². The molecule has 0 rings (SSSR count). The zero-order valence-corrected chi connectivity index (χ0v) is 13.5. The molecule has 0 aliphatic carbocycles. The average molecular weight is 287 g/mol. The number of carbonyl (C=O) groups is 2. The SMILES string of the molecule is CC(C)C[C@@H](NC(=O)NCC(C)(C)CN(C)C)C(=O)O. The van der Waals surface area contributed by atoms with E-state index in [0.29, 0.717) is 13.0 Å². The van der Waals surface area contributed by atoms with Gasteiger partial charge in [0.15, 0.2) is 0 Å². The van der Waals surface area contributed by atoms with E-state index >= 15 is 0 Å². The highest BCUT2D eigenvalue weighted by Crippen LogP contribution is 2.14. The van der Waals surface area contributed by atoms with Crippen molar-refractivity contribution < 1.29 is 14.7 Å². The highest BCUT2D eigenvalue weighted by Gasteiger charge is 2.23. The molecule has 0 aliphatic heterocycles. The molecule has 2 amide bonds. The second kappa shape index (κ2) is 8.09. The smallest absolute Gasteiger partial charge is 0.326 e. The number of carboxylic acids is 1. The lowest BCUT2D eigenvalue weighted by Crippen LogP contribution is -2.49. The molecule has 118 valence electrons. The number of carboxylic acid groups (broad SMARTS) is 1. The van der Waals surface area contributed by atoms with Crippen LogP contribution < -0.4 is 10.6 Å². The molecular formula is C14H29N3O3. The van der Waals surface area contributed by atoms with Gasteiger partial charge in [0, 0.05) is 13.1 Å². The van der Waals surface area contributed by atoms with Crippen LogP contribution in [0.1, 0.15) is 34.1 Å². The van der Waals surface area contributed by atoms with Crippen molar-refractivity contribution in [1.82, 2.24) is 15.5 Å². The zero-order chi connectivity index (χ0) is 15.9. The van der Waals surface area contributed by atoms with E-state index in [1.807, 2.05) is 27.9 Å². The van der Waals surface area contributed by atoms with Gasteiger partial charge >= 0.3 is 12.0 Å². The van der Waals surface area contributed by atoms with Crippen LogP contribution in [-0.4, -0.2) is 55.2 Å². The number of carbonyl (C=O) groups excluding carboxylic acids is 1. The number of hydrogen-bond acceptors (Lipinski definition) is 3. The highest BCUT2D eigenvalue weighted by molar-refractivity contribution is 5.82. The number of nitrogens with zero attached hydrogens (tertiary/aromatic N) is 1. The summed E-state index contributed by atoms with van der Waals surface area (Å²) in [6, 6.07) is -1.27. The predicted octanol–water partition coefficient (Wildman–Crippen LogP) is 1.37. The van der Waals surface area contributed by atoms with E-state index in [4.69, 9.17) is 5.11 Å². The van der Waals surface area contributed by atoms with E-state index < -0.39 is 18.0 Å². The van der Waals surface area contributed by atoms with Crippen LogP contribution in [0.5, 0.6) is 0 Å². The Balaban J connectivity index is 4.30. The number of amides is 2. The first-order valence-corrected chi connectivity index (χ1v) is 6.95. The van der Waals surface area contributed by atoms with Gasteiger partial charge in [0.2, 0.25) is 0 Å². The summed E-state index contributed by atoms with van der Waals surface area (Å²) >= 11 is 0. The summed E-state index contributed by atoms with van der Waals surface area (Å²) in [5.41, 5.74) is -0.0718. The quantitative estimate of drug-likeness (QED) is 0.630. The van der Waals surface area contributed by atoms with Gasteiger partial charge in [-0.2, -0.15) is 0 Å². The molecule has 1 atom stereocenters. The standard InChI is InChI=1S/C14H29N3O3/c1-10(2)7-11(12(18)19)16-13(20)15-8-14(3,4)9-17(5)6/h10-11H,7-9H2,1-6H3,(H,18,19)(H2,15,16,20)/t11-/m1/s1. The number of rotatable bonds is 8. The Kier molecular flexibility index (Phi) is 7.57. The fourth-order valence-corrected chi connectivity index (χ4v) is 2.13. The van der Waals surface area contributed by atoms with Crippen LogP contribution >= 0.6 is 0 Å². The first-order chi connectivity index (χ1) is 9.03. The van der Waals surface area contributed by atoms with Crippen molar-refractivity contribution in [3.8, 4) is 0 Å². The van der Waals surface area contributed by atoms with Crippen LogP contribution in [0, 0.1) is 11.3 Å². The predicted molar refractivity (Wildman–Crippen MR) is 79.7 cm³/mol. The second-order valence-electron chi connectivity index (χ2n) is 6.75. The zero-order valence-electron chi connectivity index (χ0n) is 13.5. The fourth-order valence-electron chi connectivity index (χ4n) is 2.13. The van der Waals surface area contributed by atoms with Crippen molar-refractivity contribution in [3.05, 3.63) is 0 Å². The maximum atomic E-state index is 11.8. The molecule has 0 saturated carbocycles. The van der Waals surface area contributed by atoms with E-state index in [9.17, 15) is 9.59 Å². The molecule has 0 aliphatic rings. The molecule has 0 bridgehead atoms. The summed E-state index contributed by atoms with van der Waals surface area (Å²) < 4.78 is 0. The Morgan fingerprint density at radius 1 is 1.25 bits per heavy atom. The minimum Gasteiger partial charge on any atom is -0.480 e. The minimum absolute atomic E-state index is 0.0718. The van der Waals surface area contributed by atoms with Crippen molar-refractivity contribution in [1.29, 1.82) is 0 Å². The van der Waals surface area contributed by atoms with Gasteiger partial charge in [0.25, 0.3) is 0 Å². The minimum atomic E-state index is -0.999. The summed E-state index contributed by atoms with van der Waals surface area (Å²) in [5.74, 6) is -0.789. The van der Waals surface area contributed by atoms with Crippen LogP contribution in [-0.2, 0) is 4.79 Å². The van der Waals surface area contributed by atoms with Crippen LogP contribution in [0.2, 0.25) is 0 Å². The van der Waals surface area contributed by atoms with Gasteiger partial charge in [-0.1, -0.05) is 27.7 Å². The summed E-state index contributed by atoms with van der Waals surface area (Å²) in [6.07, 6.45) is 0.420. The van der Waals surface area contributed by atoms with Gasteiger partial charge < -0.3 is 20.6 Å². The molecule has 0 fully saturated rings. The fraction of sp³-hybridized carbons (Fsp3) is 0.857. The number of hydrogen-bond donors (Lipinski definition) is 3. The Labute approximate surface area is 121 Å². The van der Waals surface area contributed by atoms with Crippen LogP contribution in [0.25, 0.3) is 0 Å². The molecule has 0 spiro atoms.